The van der Waals surface area contributed by atoms with Crippen LogP contribution in [-0.2, 0) is 0 Å². The third kappa shape index (κ3) is 7.63. The predicted molar refractivity (Wildman–Crippen MR) is 54.0 cm³/mol. The number of hydrogen-bond acceptors (Lipinski definition) is 1. The van der Waals surface area contributed by atoms with Crippen LogP contribution in [-0.4, -0.2) is 6.54 Å². The summed E-state index contributed by atoms with van der Waals surface area (Å²) < 4.78 is 0. The molecular formula is C9H18ClN. The summed E-state index contributed by atoms with van der Waals surface area (Å²) in [4.78, 5) is 0. The molecule has 0 saturated heterocycles. The second-order valence-electron chi connectivity index (χ2n) is 2.49. The number of hydrogen-bond donors (Lipinski definition) is 1. The van der Waals surface area contributed by atoms with E-state index in [2.05, 4.69) is 13.2 Å². The first-order chi connectivity index (χ1) is 4.85. The molecule has 0 unspecified atom stereocenters. The van der Waals surface area contributed by atoms with Crippen molar-refractivity contribution in [3.63, 3.8) is 0 Å². The average Bonchev–Trinajstić information content (AvgIpc) is 1.90. The molecule has 0 heterocycles. The topological polar surface area (TPSA) is 26.0 Å². The molecule has 11 heavy (non-hydrogen) atoms. The maximum absolute atomic E-state index is 5.42. The Kier molecular flexibility index (Phi) is 11.8. The molecule has 0 aromatic rings. The van der Waals surface area contributed by atoms with Crippen molar-refractivity contribution in [2.24, 2.45) is 11.7 Å². The molecule has 0 spiro atoms. The van der Waals surface area contributed by atoms with Crippen LogP contribution >= 0.6 is 12.4 Å². The van der Waals surface area contributed by atoms with E-state index in [9.17, 15) is 0 Å². The van der Waals surface area contributed by atoms with Crippen molar-refractivity contribution >= 4 is 12.4 Å². The Balaban J connectivity index is 0. The molecule has 66 valence electrons. The van der Waals surface area contributed by atoms with Gasteiger partial charge in [0.2, 0.25) is 0 Å². The number of allylic oxidation sites excluding steroid dienone is 2. The Morgan fingerprint density at radius 1 is 1.18 bits per heavy atom. The molecule has 0 aromatic carbocycles. The SMILES string of the molecule is C=CCC(CC=C)CCN.Cl. The molecule has 0 aromatic heterocycles. The summed E-state index contributed by atoms with van der Waals surface area (Å²) >= 11 is 0. The highest BCUT2D eigenvalue weighted by Gasteiger charge is 2.01. The molecule has 0 bridgehead atoms. The van der Waals surface area contributed by atoms with Gasteiger partial charge in [-0.3, -0.25) is 0 Å². The van der Waals surface area contributed by atoms with Crippen LogP contribution in [0.5, 0.6) is 0 Å². The highest BCUT2D eigenvalue weighted by molar-refractivity contribution is 5.85. The summed E-state index contributed by atoms with van der Waals surface area (Å²) in [5.74, 6) is 0.667. The summed E-state index contributed by atoms with van der Waals surface area (Å²) in [7, 11) is 0. The Bertz CT molecular complexity index is 91.7. The van der Waals surface area contributed by atoms with Crippen LogP contribution in [0.4, 0.5) is 0 Å². The zero-order valence-corrected chi connectivity index (χ0v) is 7.78. The van der Waals surface area contributed by atoms with E-state index >= 15 is 0 Å². The van der Waals surface area contributed by atoms with Crippen LogP contribution in [0, 0.1) is 5.92 Å². The van der Waals surface area contributed by atoms with Crippen molar-refractivity contribution in [2.45, 2.75) is 19.3 Å². The van der Waals surface area contributed by atoms with Gasteiger partial charge in [0, 0.05) is 0 Å². The molecule has 0 aliphatic heterocycles. The van der Waals surface area contributed by atoms with E-state index in [0.717, 1.165) is 25.8 Å². The van der Waals surface area contributed by atoms with Crippen LogP contribution in [0.1, 0.15) is 19.3 Å². The lowest BCUT2D eigenvalue weighted by atomic mass is 9.98. The standard InChI is InChI=1S/C9H17N.ClH/c1-3-5-9(6-4-2)7-8-10;/h3-4,9H,1-2,5-8,10H2;1H. The smallest absolute Gasteiger partial charge is 0.00744 e. The van der Waals surface area contributed by atoms with Gasteiger partial charge in [0.05, 0.1) is 0 Å². The van der Waals surface area contributed by atoms with Gasteiger partial charge in [-0.15, -0.1) is 25.6 Å². The lowest BCUT2D eigenvalue weighted by Gasteiger charge is -2.09. The van der Waals surface area contributed by atoms with Crippen molar-refractivity contribution in [1.82, 2.24) is 0 Å². The van der Waals surface area contributed by atoms with E-state index in [-0.39, 0.29) is 12.4 Å². The Hall–Kier alpha value is -0.270. The predicted octanol–water partition coefficient (Wildman–Crippen LogP) is 2.53. The van der Waals surface area contributed by atoms with Crippen molar-refractivity contribution < 1.29 is 0 Å². The molecule has 0 fully saturated rings. The van der Waals surface area contributed by atoms with Gasteiger partial charge < -0.3 is 5.73 Å². The van der Waals surface area contributed by atoms with Crippen LogP contribution in [0.3, 0.4) is 0 Å². The maximum Gasteiger partial charge on any atom is -0.00744 e. The molecule has 0 aliphatic rings. The van der Waals surface area contributed by atoms with E-state index in [1.54, 1.807) is 0 Å². The minimum atomic E-state index is 0. The van der Waals surface area contributed by atoms with Crippen LogP contribution in [0.15, 0.2) is 25.3 Å². The summed E-state index contributed by atoms with van der Waals surface area (Å²) in [5.41, 5.74) is 5.42. The van der Waals surface area contributed by atoms with Gasteiger partial charge in [0.1, 0.15) is 0 Å². The third-order valence-electron chi connectivity index (χ3n) is 1.57. The molecule has 0 saturated carbocycles. The zero-order chi connectivity index (χ0) is 7.82. The summed E-state index contributed by atoms with van der Waals surface area (Å²) in [6.07, 6.45) is 7.10. The molecule has 0 amide bonds. The van der Waals surface area contributed by atoms with Crippen molar-refractivity contribution in [1.29, 1.82) is 0 Å². The fourth-order valence-corrected chi connectivity index (χ4v) is 1.04. The second kappa shape index (κ2) is 9.73. The van der Waals surface area contributed by atoms with E-state index < -0.39 is 0 Å². The van der Waals surface area contributed by atoms with Gasteiger partial charge in [0.25, 0.3) is 0 Å². The van der Waals surface area contributed by atoms with Gasteiger partial charge >= 0.3 is 0 Å². The third-order valence-corrected chi connectivity index (χ3v) is 1.57. The second-order valence-corrected chi connectivity index (χ2v) is 2.49. The van der Waals surface area contributed by atoms with Crippen molar-refractivity contribution in [3.8, 4) is 0 Å². The summed E-state index contributed by atoms with van der Waals surface area (Å²) in [5, 5.41) is 0. The van der Waals surface area contributed by atoms with E-state index in [1.165, 1.54) is 0 Å². The molecule has 2 heteroatoms. The first-order valence-electron chi connectivity index (χ1n) is 3.77. The van der Waals surface area contributed by atoms with E-state index in [1.807, 2.05) is 12.2 Å². The molecule has 2 N–H and O–H groups in total. The highest BCUT2D eigenvalue weighted by Crippen LogP contribution is 2.12. The average molecular weight is 176 g/mol. The Morgan fingerprint density at radius 2 is 1.64 bits per heavy atom. The summed E-state index contributed by atoms with van der Waals surface area (Å²) in [6.45, 7) is 8.15. The monoisotopic (exact) mass is 175 g/mol. The van der Waals surface area contributed by atoms with Gasteiger partial charge in [-0.25, -0.2) is 0 Å². The fraction of sp³-hybridized carbons (Fsp3) is 0.556. The largest absolute Gasteiger partial charge is 0.330 e. The molecule has 0 atom stereocenters. The number of halogens is 1. The maximum atomic E-state index is 5.42. The molecule has 1 nitrogen and oxygen atoms in total. The zero-order valence-electron chi connectivity index (χ0n) is 6.96. The summed E-state index contributed by atoms with van der Waals surface area (Å²) in [6, 6.07) is 0. The normalized spacial score (nSPS) is 8.91. The Morgan fingerprint density at radius 3 is 1.91 bits per heavy atom. The lowest BCUT2D eigenvalue weighted by molar-refractivity contribution is 0.506. The minimum absolute atomic E-state index is 0. The minimum Gasteiger partial charge on any atom is -0.330 e. The molecule has 0 aliphatic carbocycles. The van der Waals surface area contributed by atoms with E-state index in [0.29, 0.717) is 5.92 Å². The molecule has 0 radical (unpaired) electrons. The van der Waals surface area contributed by atoms with Crippen molar-refractivity contribution in [3.05, 3.63) is 25.3 Å². The number of rotatable bonds is 6. The van der Waals surface area contributed by atoms with Crippen LogP contribution in [0.25, 0.3) is 0 Å². The quantitative estimate of drug-likeness (QED) is 0.617. The first-order valence-corrected chi connectivity index (χ1v) is 3.77. The van der Waals surface area contributed by atoms with Gasteiger partial charge in [-0.05, 0) is 31.7 Å². The van der Waals surface area contributed by atoms with Crippen LogP contribution < -0.4 is 5.73 Å². The van der Waals surface area contributed by atoms with Crippen molar-refractivity contribution in [2.75, 3.05) is 6.54 Å². The lowest BCUT2D eigenvalue weighted by Crippen LogP contribution is -2.07. The highest BCUT2D eigenvalue weighted by atomic mass is 35.5. The van der Waals surface area contributed by atoms with Gasteiger partial charge in [0.15, 0.2) is 0 Å². The first kappa shape index (κ1) is 13.3. The number of nitrogens with two attached hydrogens (primary N) is 1. The molecule has 0 rings (SSSR count). The van der Waals surface area contributed by atoms with Gasteiger partial charge in [-0.2, -0.15) is 0 Å². The van der Waals surface area contributed by atoms with Gasteiger partial charge in [-0.1, -0.05) is 12.2 Å². The molecular weight excluding hydrogens is 158 g/mol. The van der Waals surface area contributed by atoms with Crippen LogP contribution in [0.2, 0.25) is 0 Å². The van der Waals surface area contributed by atoms with E-state index in [4.69, 9.17) is 5.73 Å². The Labute approximate surface area is 75.8 Å². The fourth-order valence-electron chi connectivity index (χ4n) is 1.04.